The Bertz CT molecular complexity index is 1210. The van der Waals surface area contributed by atoms with Gasteiger partial charge >= 0.3 is 19.4 Å². The summed E-state index contributed by atoms with van der Waals surface area (Å²) in [6.07, 6.45) is -1.17. The fourth-order valence-corrected chi connectivity index (χ4v) is 5.51. The van der Waals surface area contributed by atoms with E-state index in [1.807, 2.05) is 13.8 Å². The van der Waals surface area contributed by atoms with Crippen LogP contribution in [0.5, 0.6) is 5.75 Å². The Morgan fingerprint density at radius 2 is 1.95 bits per heavy atom. The van der Waals surface area contributed by atoms with E-state index in [2.05, 4.69) is 10.1 Å². The van der Waals surface area contributed by atoms with E-state index >= 15 is 0 Å². The summed E-state index contributed by atoms with van der Waals surface area (Å²) in [4.78, 5) is 28.5. The number of esters is 1. The molecule has 2 unspecified atom stereocenters. The first-order chi connectivity index (χ1) is 18.4. The third-order valence-corrected chi connectivity index (χ3v) is 8.20. The number of aliphatic hydroxyl groups excluding tert-OH is 1. The number of nitrogens with zero attached hydrogens (tertiary/aromatic N) is 2. The zero-order valence-electron chi connectivity index (χ0n) is 22.4. The van der Waals surface area contributed by atoms with Gasteiger partial charge in [-0.2, -0.15) is 10.1 Å². The molecule has 5 N–H and O–H groups in total. The molecule has 2 aromatic rings. The molecule has 6 atom stereocenters. The van der Waals surface area contributed by atoms with Crippen LogP contribution in [-0.4, -0.2) is 62.8 Å². The quantitative estimate of drug-likeness (QED) is 0.204. The Hall–Kier alpha value is -2.80. The Kier molecular flexibility index (Phi) is 10.3. The first kappa shape index (κ1) is 30.7. The summed E-state index contributed by atoms with van der Waals surface area (Å²) in [6, 6.07) is 8.44. The highest BCUT2D eigenvalue weighted by molar-refractivity contribution is 7.52. The molecule has 0 spiro atoms. The number of nitrogens with two attached hydrogens (primary N) is 1. The Morgan fingerprint density at radius 1 is 1.28 bits per heavy atom. The van der Waals surface area contributed by atoms with Gasteiger partial charge in [0.05, 0.1) is 13.2 Å². The molecule has 1 aliphatic rings. The number of nitrogens with one attached hydrogen (secondary N) is 1. The van der Waals surface area contributed by atoms with Crippen molar-refractivity contribution in [2.45, 2.75) is 70.6 Å². The number of carbonyl (C=O) groups is 1. The molecule has 1 aliphatic heterocycles. The minimum Gasteiger partial charge on any atom is -0.464 e. The van der Waals surface area contributed by atoms with Gasteiger partial charge in [-0.05, 0) is 38.0 Å². The summed E-state index contributed by atoms with van der Waals surface area (Å²) >= 11 is 0. The van der Waals surface area contributed by atoms with Gasteiger partial charge in [-0.1, -0.05) is 44.9 Å². The van der Waals surface area contributed by atoms with Crippen LogP contribution in [0.25, 0.3) is 0 Å². The third-order valence-electron chi connectivity index (χ3n) is 6.56. The number of hydrogen-bond acceptors (Lipinski definition) is 11. The van der Waals surface area contributed by atoms with Crippen molar-refractivity contribution < 1.29 is 38.1 Å². The van der Waals surface area contributed by atoms with Crippen LogP contribution in [-0.2, 0) is 23.4 Å². The van der Waals surface area contributed by atoms with Gasteiger partial charge in [0.25, 0.3) is 0 Å². The van der Waals surface area contributed by atoms with Crippen LogP contribution < -0.4 is 21.0 Å². The van der Waals surface area contributed by atoms with Crippen molar-refractivity contribution >= 4 is 19.5 Å². The predicted octanol–water partition coefficient (Wildman–Crippen LogP) is 2.00. The number of anilines is 1. The Morgan fingerprint density at radius 3 is 2.56 bits per heavy atom. The molecule has 3 rings (SSSR count). The monoisotopic (exact) mass is 568 g/mol. The molecular formula is C25H37N4O9P. The molecular weight excluding hydrogens is 531 g/mol. The van der Waals surface area contributed by atoms with Crippen LogP contribution in [0.2, 0.25) is 0 Å². The standard InChI is InChI=1S/C25H37N4O9P/c1-5-17(6-2)14-35-22(31)16(3)28-39(34,38-18-10-8-7-9-11-18)36-15-19-21(30)25(4,33)23(37-19)29-13-12-20(26)27-24(29)32/h7-13,16-17,19,21,23,30,33H,5-6,14-15H2,1-4H3,(H,28,34)(H2,26,27,32)/t16-,19+,21+,23?,25+,39?/m0/s1. The van der Waals surface area contributed by atoms with Gasteiger partial charge in [-0.3, -0.25) is 13.9 Å². The number of para-hydroxylation sites is 1. The van der Waals surface area contributed by atoms with Crippen molar-refractivity contribution in [2.75, 3.05) is 18.9 Å². The van der Waals surface area contributed by atoms with Gasteiger partial charge in [0.2, 0.25) is 0 Å². The highest BCUT2D eigenvalue weighted by atomic mass is 31.2. The molecule has 0 aliphatic carbocycles. The molecule has 0 bridgehead atoms. The summed E-state index contributed by atoms with van der Waals surface area (Å²) in [7, 11) is -4.26. The van der Waals surface area contributed by atoms with Gasteiger partial charge in [0.1, 0.15) is 35.4 Å². The Balaban J connectivity index is 1.75. The molecule has 39 heavy (non-hydrogen) atoms. The largest absolute Gasteiger partial charge is 0.464 e. The van der Waals surface area contributed by atoms with Gasteiger partial charge < -0.3 is 29.9 Å². The summed E-state index contributed by atoms with van der Waals surface area (Å²) in [5.74, 6) is -0.261. The number of aromatic nitrogens is 2. The highest BCUT2D eigenvalue weighted by Gasteiger charge is 2.54. The summed E-state index contributed by atoms with van der Waals surface area (Å²) in [5.41, 5.74) is 2.79. The number of hydrogen-bond donors (Lipinski definition) is 4. The SMILES string of the molecule is CCC(CC)COC(=O)[C@H](C)NP(=O)(OC[C@H]1OC(n2ccc(N)nc2=O)[C@](C)(O)[C@@H]1O)Oc1ccccc1. The maximum Gasteiger partial charge on any atom is 0.459 e. The van der Waals surface area contributed by atoms with E-state index in [4.69, 9.17) is 24.3 Å². The number of ether oxygens (including phenoxy) is 2. The van der Waals surface area contributed by atoms with Crippen molar-refractivity contribution in [1.82, 2.24) is 14.6 Å². The average Bonchev–Trinajstić information content (AvgIpc) is 3.12. The molecule has 1 aromatic carbocycles. The van der Waals surface area contributed by atoms with Crippen molar-refractivity contribution in [1.29, 1.82) is 0 Å². The molecule has 216 valence electrons. The van der Waals surface area contributed by atoms with Crippen molar-refractivity contribution in [3.05, 3.63) is 53.1 Å². The maximum absolute atomic E-state index is 13.8. The van der Waals surface area contributed by atoms with Crippen molar-refractivity contribution in [3.63, 3.8) is 0 Å². The predicted molar refractivity (Wildman–Crippen MR) is 142 cm³/mol. The molecule has 1 saturated heterocycles. The maximum atomic E-state index is 13.8. The van der Waals surface area contributed by atoms with Crippen LogP contribution >= 0.6 is 7.75 Å². The molecule has 2 heterocycles. The molecule has 13 nitrogen and oxygen atoms in total. The lowest BCUT2D eigenvalue weighted by molar-refractivity contribution is -0.146. The van der Waals surface area contributed by atoms with E-state index in [9.17, 15) is 24.4 Å². The number of benzene rings is 1. The van der Waals surface area contributed by atoms with E-state index in [1.165, 1.54) is 26.1 Å². The van der Waals surface area contributed by atoms with Crippen LogP contribution in [0.15, 0.2) is 47.4 Å². The first-order valence-corrected chi connectivity index (χ1v) is 14.3. The van der Waals surface area contributed by atoms with E-state index < -0.39 is 56.1 Å². The van der Waals surface area contributed by atoms with E-state index in [-0.39, 0.29) is 24.1 Å². The first-order valence-electron chi connectivity index (χ1n) is 12.7. The molecule has 1 aromatic heterocycles. The summed E-state index contributed by atoms with van der Waals surface area (Å²) < 4.78 is 37.1. The molecule has 14 heteroatoms. The van der Waals surface area contributed by atoms with Gasteiger partial charge in [-0.15, -0.1) is 0 Å². The van der Waals surface area contributed by atoms with E-state index in [0.717, 1.165) is 17.4 Å². The fourth-order valence-electron chi connectivity index (χ4n) is 4.00. The van der Waals surface area contributed by atoms with Crippen LogP contribution in [0.1, 0.15) is 46.8 Å². The Labute approximate surface area is 226 Å². The third kappa shape index (κ3) is 7.65. The van der Waals surface area contributed by atoms with Gasteiger partial charge in [0.15, 0.2) is 6.23 Å². The van der Waals surface area contributed by atoms with Crippen molar-refractivity contribution in [3.8, 4) is 5.75 Å². The highest BCUT2D eigenvalue weighted by Crippen LogP contribution is 2.46. The topological polar surface area (TPSA) is 184 Å². The van der Waals surface area contributed by atoms with E-state index in [0.29, 0.717) is 0 Å². The number of carbonyl (C=O) groups excluding carboxylic acids is 1. The van der Waals surface area contributed by atoms with Crippen LogP contribution in [0.3, 0.4) is 0 Å². The van der Waals surface area contributed by atoms with Gasteiger partial charge in [0, 0.05) is 6.20 Å². The minimum absolute atomic E-state index is 0.0213. The number of aliphatic hydroxyl groups is 2. The summed E-state index contributed by atoms with van der Waals surface area (Å²) in [5, 5.41) is 24.3. The van der Waals surface area contributed by atoms with Crippen molar-refractivity contribution in [2.24, 2.45) is 5.92 Å². The fraction of sp³-hybridized carbons (Fsp3) is 0.560. The second-order valence-electron chi connectivity index (χ2n) is 9.60. The molecule has 0 saturated carbocycles. The van der Waals surface area contributed by atoms with Crippen LogP contribution in [0.4, 0.5) is 5.82 Å². The average molecular weight is 569 g/mol. The normalized spacial score (nSPS) is 25.3. The number of nitrogen functional groups attached to an aromatic ring is 1. The van der Waals surface area contributed by atoms with Crippen LogP contribution in [0, 0.1) is 5.92 Å². The second-order valence-corrected chi connectivity index (χ2v) is 11.3. The second kappa shape index (κ2) is 13.0. The lowest BCUT2D eigenvalue weighted by Crippen LogP contribution is -2.46. The smallest absolute Gasteiger partial charge is 0.459 e. The lowest BCUT2D eigenvalue weighted by Gasteiger charge is -2.27. The molecule has 1 fully saturated rings. The number of rotatable bonds is 13. The molecule has 0 radical (unpaired) electrons. The zero-order valence-corrected chi connectivity index (χ0v) is 23.3. The summed E-state index contributed by atoms with van der Waals surface area (Å²) in [6.45, 7) is 6.43. The molecule has 0 amide bonds. The lowest BCUT2D eigenvalue weighted by atomic mass is 9.96. The van der Waals surface area contributed by atoms with Gasteiger partial charge in [-0.25, -0.2) is 9.36 Å². The zero-order chi connectivity index (χ0) is 28.8. The minimum atomic E-state index is -4.26. The van der Waals surface area contributed by atoms with E-state index in [1.54, 1.807) is 30.3 Å².